The van der Waals surface area contributed by atoms with Crippen LogP contribution in [-0.4, -0.2) is 37.7 Å². The number of nitrogens with zero attached hydrogens (tertiary/aromatic N) is 1. The van der Waals surface area contributed by atoms with Crippen LogP contribution >= 0.6 is 0 Å². The van der Waals surface area contributed by atoms with Gasteiger partial charge in [-0.15, -0.1) is 0 Å². The minimum absolute atomic E-state index is 0.0510. The summed E-state index contributed by atoms with van der Waals surface area (Å²) in [7, 11) is 3.86. The highest BCUT2D eigenvalue weighted by atomic mass is 16.5. The minimum atomic E-state index is 0.0510. The number of hydrogen-bond acceptors (Lipinski definition) is 3. The van der Waals surface area contributed by atoms with E-state index in [9.17, 15) is 0 Å². The maximum atomic E-state index is 5.81. The molecular weight excluding hydrogens is 236 g/mol. The second-order valence-corrected chi connectivity index (χ2v) is 5.87. The first-order valence-electron chi connectivity index (χ1n) is 6.88. The van der Waals surface area contributed by atoms with Crippen LogP contribution in [0.25, 0.3) is 0 Å². The van der Waals surface area contributed by atoms with Crippen molar-refractivity contribution in [3.63, 3.8) is 0 Å². The number of ether oxygens (including phenoxy) is 1. The van der Waals surface area contributed by atoms with Crippen LogP contribution < -0.4 is 10.5 Å². The lowest BCUT2D eigenvalue weighted by Crippen LogP contribution is -2.47. The molecule has 0 atom stereocenters. The predicted octanol–water partition coefficient (Wildman–Crippen LogP) is 2.52. The van der Waals surface area contributed by atoms with Gasteiger partial charge in [0.1, 0.15) is 5.75 Å². The molecule has 1 rings (SSSR count). The first-order valence-corrected chi connectivity index (χ1v) is 6.88. The summed E-state index contributed by atoms with van der Waals surface area (Å²) in [6.45, 7) is 10.3. The summed E-state index contributed by atoms with van der Waals surface area (Å²) in [5, 5.41) is 0. The van der Waals surface area contributed by atoms with Gasteiger partial charge in [-0.25, -0.2) is 0 Å². The summed E-state index contributed by atoms with van der Waals surface area (Å²) >= 11 is 0. The van der Waals surface area contributed by atoms with Gasteiger partial charge in [0.2, 0.25) is 0 Å². The Hall–Kier alpha value is -1.06. The lowest BCUT2D eigenvalue weighted by atomic mass is 9.98. The van der Waals surface area contributed by atoms with Crippen molar-refractivity contribution in [1.82, 2.24) is 4.90 Å². The zero-order chi connectivity index (χ0) is 14.6. The molecule has 0 aliphatic heterocycles. The average Bonchev–Trinajstić information content (AvgIpc) is 2.40. The van der Waals surface area contributed by atoms with E-state index in [2.05, 4.69) is 51.8 Å². The molecule has 0 radical (unpaired) electrons. The highest BCUT2D eigenvalue weighted by Crippen LogP contribution is 2.24. The molecule has 0 fully saturated rings. The van der Waals surface area contributed by atoms with Crippen molar-refractivity contribution in [3.8, 4) is 5.75 Å². The Morgan fingerprint density at radius 1 is 1.21 bits per heavy atom. The quantitative estimate of drug-likeness (QED) is 0.858. The Labute approximate surface area is 117 Å². The van der Waals surface area contributed by atoms with Gasteiger partial charge >= 0.3 is 0 Å². The van der Waals surface area contributed by atoms with Crippen LogP contribution in [0.2, 0.25) is 0 Å². The third kappa shape index (κ3) is 3.71. The van der Waals surface area contributed by atoms with Crippen molar-refractivity contribution < 1.29 is 4.74 Å². The molecule has 0 aromatic heterocycles. The Balaban J connectivity index is 2.77. The van der Waals surface area contributed by atoms with Gasteiger partial charge in [-0.3, -0.25) is 4.90 Å². The van der Waals surface area contributed by atoms with E-state index in [1.54, 1.807) is 7.11 Å². The van der Waals surface area contributed by atoms with Crippen molar-refractivity contribution in [1.29, 1.82) is 0 Å². The molecule has 3 nitrogen and oxygen atoms in total. The van der Waals surface area contributed by atoms with Crippen LogP contribution in [0.3, 0.4) is 0 Å². The summed E-state index contributed by atoms with van der Waals surface area (Å²) in [5.74, 6) is 0.969. The number of rotatable bonds is 6. The van der Waals surface area contributed by atoms with Gasteiger partial charge in [-0.1, -0.05) is 6.07 Å². The molecule has 0 bridgehead atoms. The van der Waals surface area contributed by atoms with Crippen LogP contribution in [0.5, 0.6) is 5.75 Å². The van der Waals surface area contributed by atoms with E-state index in [1.807, 2.05) is 0 Å². The van der Waals surface area contributed by atoms with E-state index in [4.69, 9.17) is 10.5 Å². The molecule has 1 aromatic rings. The van der Waals surface area contributed by atoms with Crippen LogP contribution in [-0.2, 0) is 6.42 Å². The molecule has 0 unspecified atom stereocenters. The lowest BCUT2D eigenvalue weighted by Gasteiger charge is -2.34. The van der Waals surface area contributed by atoms with E-state index in [0.29, 0.717) is 6.54 Å². The lowest BCUT2D eigenvalue weighted by molar-refractivity contribution is 0.166. The fraction of sp³-hybridized carbons (Fsp3) is 0.625. The monoisotopic (exact) mass is 264 g/mol. The summed E-state index contributed by atoms with van der Waals surface area (Å²) < 4.78 is 5.35. The van der Waals surface area contributed by atoms with Crippen molar-refractivity contribution in [3.05, 3.63) is 28.8 Å². The van der Waals surface area contributed by atoms with Gasteiger partial charge < -0.3 is 10.5 Å². The predicted molar refractivity (Wildman–Crippen MR) is 81.9 cm³/mol. The van der Waals surface area contributed by atoms with E-state index in [1.165, 1.54) is 16.7 Å². The first-order chi connectivity index (χ1) is 8.83. The second-order valence-electron chi connectivity index (χ2n) is 5.87. The summed E-state index contributed by atoms with van der Waals surface area (Å²) in [6, 6.07) is 4.23. The van der Waals surface area contributed by atoms with E-state index < -0.39 is 0 Å². The van der Waals surface area contributed by atoms with Crippen LogP contribution in [0, 0.1) is 13.8 Å². The Morgan fingerprint density at radius 2 is 1.84 bits per heavy atom. The third-order valence-corrected chi connectivity index (χ3v) is 4.32. The van der Waals surface area contributed by atoms with E-state index >= 15 is 0 Å². The second kappa shape index (κ2) is 6.40. The van der Waals surface area contributed by atoms with Crippen molar-refractivity contribution in [2.45, 2.75) is 39.7 Å². The third-order valence-electron chi connectivity index (χ3n) is 4.32. The van der Waals surface area contributed by atoms with E-state index in [0.717, 1.165) is 18.7 Å². The highest BCUT2D eigenvalue weighted by molar-refractivity contribution is 5.43. The van der Waals surface area contributed by atoms with Crippen LogP contribution in [0.15, 0.2) is 12.1 Å². The summed E-state index contributed by atoms with van der Waals surface area (Å²) in [4.78, 5) is 2.33. The average molecular weight is 264 g/mol. The SMILES string of the molecule is COc1ccc(CCN(C)C(C)(C)CN)c(C)c1C. The topological polar surface area (TPSA) is 38.5 Å². The zero-order valence-electron chi connectivity index (χ0n) is 13.2. The Bertz CT molecular complexity index is 427. The molecule has 0 saturated heterocycles. The maximum Gasteiger partial charge on any atom is 0.122 e. The Morgan fingerprint density at radius 3 is 2.37 bits per heavy atom. The zero-order valence-corrected chi connectivity index (χ0v) is 13.2. The molecule has 3 heteroatoms. The van der Waals surface area contributed by atoms with Gasteiger partial charge in [0, 0.05) is 18.6 Å². The smallest absolute Gasteiger partial charge is 0.122 e. The van der Waals surface area contributed by atoms with Crippen LogP contribution in [0.1, 0.15) is 30.5 Å². The molecule has 108 valence electrons. The summed E-state index contributed by atoms with van der Waals surface area (Å²) in [5.41, 5.74) is 9.82. The molecule has 0 aliphatic rings. The first kappa shape index (κ1) is 16.0. The molecule has 0 amide bonds. The Kier molecular flexibility index (Phi) is 5.39. The van der Waals surface area contributed by atoms with Crippen molar-refractivity contribution >= 4 is 0 Å². The molecule has 1 aromatic carbocycles. The minimum Gasteiger partial charge on any atom is -0.496 e. The fourth-order valence-corrected chi connectivity index (χ4v) is 2.09. The molecule has 0 spiro atoms. The standard InChI is InChI=1S/C16H28N2O/c1-12-13(2)15(19-6)8-7-14(12)9-10-18(5)16(3,4)11-17/h7-8H,9-11,17H2,1-6H3. The van der Waals surface area contributed by atoms with Crippen LogP contribution in [0.4, 0.5) is 0 Å². The number of benzene rings is 1. The number of hydrogen-bond donors (Lipinski definition) is 1. The molecule has 0 heterocycles. The van der Waals surface area contributed by atoms with Gasteiger partial charge in [-0.05, 0) is 63.9 Å². The van der Waals surface area contributed by atoms with Gasteiger partial charge in [0.15, 0.2) is 0 Å². The molecular formula is C16H28N2O. The molecule has 0 aliphatic carbocycles. The maximum absolute atomic E-state index is 5.81. The number of methoxy groups -OCH3 is 1. The van der Waals surface area contributed by atoms with Crippen molar-refractivity contribution in [2.75, 3.05) is 27.2 Å². The number of likely N-dealkylation sites (N-methyl/N-ethyl adjacent to an activating group) is 1. The van der Waals surface area contributed by atoms with Gasteiger partial charge in [0.25, 0.3) is 0 Å². The molecule has 2 N–H and O–H groups in total. The summed E-state index contributed by atoms with van der Waals surface area (Å²) in [6.07, 6.45) is 1.04. The molecule has 0 saturated carbocycles. The fourth-order valence-electron chi connectivity index (χ4n) is 2.09. The van der Waals surface area contributed by atoms with Gasteiger partial charge in [-0.2, -0.15) is 0 Å². The number of nitrogens with two attached hydrogens (primary N) is 1. The highest BCUT2D eigenvalue weighted by Gasteiger charge is 2.21. The normalized spacial score (nSPS) is 12.0. The van der Waals surface area contributed by atoms with Gasteiger partial charge in [0.05, 0.1) is 7.11 Å². The van der Waals surface area contributed by atoms with Crippen molar-refractivity contribution in [2.24, 2.45) is 5.73 Å². The largest absolute Gasteiger partial charge is 0.496 e. The van der Waals surface area contributed by atoms with E-state index in [-0.39, 0.29) is 5.54 Å². The molecule has 19 heavy (non-hydrogen) atoms.